The SMILES string of the molecule is O=C(O)C1CCC(Nc2cccc(CSC3CCOCC3)c2)CC1. The second-order valence-corrected chi connectivity index (χ2v) is 8.14. The minimum atomic E-state index is -0.638. The predicted octanol–water partition coefficient (Wildman–Crippen LogP) is 4.15. The Morgan fingerprint density at radius 1 is 1.17 bits per heavy atom. The molecule has 0 radical (unpaired) electrons. The fourth-order valence-corrected chi connectivity index (χ4v) is 4.66. The first kappa shape index (κ1) is 17.6. The molecule has 0 atom stereocenters. The normalized spacial score (nSPS) is 25.3. The van der Waals surface area contributed by atoms with Gasteiger partial charge in [0.1, 0.15) is 0 Å². The predicted molar refractivity (Wildman–Crippen MR) is 98.6 cm³/mol. The third kappa shape index (κ3) is 5.15. The van der Waals surface area contributed by atoms with Crippen LogP contribution in [0.1, 0.15) is 44.1 Å². The number of rotatable bonds is 6. The zero-order chi connectivity index (χ0) is 16.8. The van der Waals surface area contributed by atoms with E-state index in [1.165, 1.54) is 11.3 Å². The maximum absolute atomic E-state index is 11.0. The Morgan fingerprint density at radius 2 is 1.92 bits per heavy atom. The molecule has 1 aliphatic heterocycles. The molecule has 2 N–H and O–H groups in total. The van der Waals surface area contributed by atoms with Gasteiger partial charge in [-0.2, -0.15) is 11.8 Å². The molecule has 0 aromatic heterocycles. The molecule has 1 saturated carbocycles. The molecule has 2 fully saturated rings. The molecule has 24 heavy (non-hydrogen) atoms. The number of carboxylic acids is 1. The Balaban J connectivity index is 1.47. The summed E-state index contributed by atoms with van der Waals surface area (Å²) in [4.78, 5) is 11.0. The van der Waals surface area contributed by atoms with Gasteiger partial charge in [-0.3, -0.25) is 4.79 Å². The number of carbonyl (C=O) groups is 1. The lowest BCUT2D eigenvalue weighted by Gasteiger charge is -2.27. The Morgan fingerprint density at radius 3 is 2.62 bits per heavy atom. The Bertz CT molecular complexity index is 537. The summed E-state index contributed by atoms with van der Waals surface area (Å²) in [6, 6.07) is 9.07. The molecule has 4 nitrogen and oxygen atoms in total. The number of anilines is 1. The molecular weight excluding hydrogens is 322 g/mol. The molecule has 132 valence electrons. The minimum Gasteiger partial charge on any atom is -0.481 e. The van der Waals surface area contributed by atoms with E-state index in [0.717, 1.165) is 62.7 Å². The highest BCUT2D eigenvalue weighted by Crippen LogP contribution is 2.29. The highest BCUT2D eigenvalue weighted by molar-refractivity contribution is 7.99. The average Bonchev–Trinajstić information content (AvgIpc) is 2.62. The molecule has 1 aromatic carbocycles. The lowest BCUT2D eigenvalue weighted by molar-refractivity contribution is -0.142. The number of nitrogens with one attached hydrogen (secondary N) is 1. The fraction of sp³-hybridized carbons (Fsp3) is 0.632. The van der Waals surface area contributed by atoms with Crippen LogP contribution >= 0.6 is 11.8 Å². The van der Waals surface area contributed by atoms with Crippen LogP contribution < -0.4 is 5.32 Å². The van der Waals surface area contributed by atoms with E-state index in [9.17, 15) is 4.79 Å². The molecule has 2 aliphatic rings. The summed E-state index contributed by atoms with van der Waals surface area (Å²) < 4.78 is 5.42. The second kappa shape index (κ2) is 8.77. The Kier molecular flexibility index (Phi) is 6.44. The number of hydrogen-bond donors (Lipinski definition) is 2. The Labute approximate surface area is 148 Å². The van der Waals surface area contributed by atoms with Gasteiger partial charge in [-0.25, -0.2) is 0 Å². The van der Waals surface area contributed by atoms with Crippen LogP contribution in [0.25, 0.3) is 0 Å². The van der Waals surface area contributed by atoms with E-state index >= 15 is 0 Å². The third-order valence-corrected chi connectivity index (χ3v) is 6.47. The maximum Gasteiger partial charge on any atom is 0.306 e. The van der Waals surface area contributed by atoms with E-state index in [4.69, 9.17) is 9.84 Å². The molecule has 0 unspecified atom stereocenters. The van der Waals surface area contributed by atoms with E-state index in [-0.39, 0.29) is 5.92 Å². The van der Waals surface area contributed by atoms with E-state index in [2.05, 4.69) is 29.6 Å². The molecular formula is C19H27NO3S. The van der Waals surface area contributed by atoms with Crippen molar-refractivity contribution in [3.63, 3.8) is 0 Å². The number of hydrogen-bond acceptors (Lipinski definition) is 4. The lowest BCUT2D eigenvalue weighted by Crippen LogP contribution is -2.29. The van der Waals surface area contributed by atoms with Crippen molar-refractivity contribution >= 4 is 23.4 Å². The summed E-state index contributed by atoms with van der Waals surface area (Å²) in [5.74, 6) is 0.261. The van der Waals surface area contributed by atoms with Crippen molar-refractivity contribution in [3.8, 4) is 0 Å². The van der Waals surface area contributed by atoms with Crippen molar-refractivity contribution in [2.75, 3.05) is 18.5 Å². The number of thioether (sulfide) groups is 1. The van der Waals surface area contributed by atoms with Gasteiger partial charge in [0.2, 0.25) is 0 Å². The van der Waals surface area contributed by atoms with Gasteiger partial charge in [-0.1, -0.05) is 12.1 Å². The second-order valence-electron chi connectivity index (χ2n) is 6.85. The van der Waals surface area contributed by atoms with E-state index < -0.39 is 5.97 Å². The van der Waals surface area contributed by atoms with Crippen LogP contribution in [-0.2, 0) is 15.3 Å². The van der Waals surface area contributed by atoms with Crippen molar-refractivity contribution in [3.05, 3.63) is 29.8 Å². The smallest absolute Gasteiger partial charge is 0.306 e. The number of ether oxygens (including phenoxy) is 1. The fourth-order valence-electron chi connectivity index (χ4n) is 3.53. The molecule has 0 amide bonds. The molecule has 0 bridgehead atoms. The van der Waals surface area contributed by atoms with Gasteiger partial charge in [-0.05, 0) is 56.2 Å². The summed E-state index contributed by atoms with van der Waals surface area (Å²) in [7, 11) is 0. The van der Waals surface area contributed by atoms with Gasteiger partial charge < -0.3 is 15.2 Å². The molecule has 3 rings (SSSR count). The van der Waals surface area contributed by atoms with Crippen LogP contribution in [0.5, 0.6) is 0 Å². The van der Waals surface area contributed by atoms with Crippen LogP contribution in [0, 0.1) is 5.92 Å². The highest BCUT2D eigenvalue weighted by atomic mass is 32.2. The minimum absolute atomic E-state index is 0.148. The van der Waals surface area contributed by atoms with Crippen molar-refractivity contribution < 1.29 is 14.6 Å². The van der Waals surface area contributed by atoms with Crippen LogP contribution in [0.15, 0.2) is 24.3 Å². The number of benzene rings is 1. The van der Waals surface area contributed by atoms with Gasteiger partial charge in [0.15, 0.2) is 0 Å². The van der Waals surface area contributed by atoms with Crippen molar-refractivity contribution in [2.24, 2.45) is 5.92 Å². The summed E-state index contributed by atoms with van der Waals surface area (Å²) >= 11 is 2.04. The first-order valence-electron chi connectivity index (χ1n) is 8.98. The van der Waals surface area contributed by atoms with Gasteiger partial charge in [0.25, 0.3) is 0 Å². The third-order valence-electron chi connectivity index (χ3n) is 5.03. The zero-order valence-corrected chi connectivity index (χ0v) is 14.9. The molecule has 0 spiro atoms. The monoisotopic (exact) mass is 349 g/mol. The van der Waals surface area contributed by atoms with Gasteiger partial charge in [-0.15, -0.1) is 0 Å². The van der Waals surface area contributed by atoms with E-state index in [0.29, 0.717) is 6.04 Å². The largest absolute Gasteiger partial charge is 0.481 e. The van der Waals surface area contributed by atoms with E-state index in [1.54, 1.807) is 0 Å². The summed E-state index contributed by atoms with van der Waals surface area (Å²) in [5, 5.41) is 13.4. The summed E-state index contributed by atoms with van der Waals surface area (Å²) in [5.41, 5.74) is 2.52. The van der Waals surface area contributed by atoms with Crippen molar-refractivity contribution in [1.82, 2.24) is 0 Å². The average molecular weight is 349 g/mol. The van der Waals surface area contributed by atoms with Gasteiger partial charge in [0, 0.05) is 35.9 Å². The summed E-state index contributed by atoms with van der Waals surface area (Å²) in [6.07, 6.45) is 5.78. The van der Waals surface area contributed by atoms with Crippen LogP contribution in [0.3, 0.4) is 0 Å². The van der Waals surface area contributed by atoms with Crippen LogP contribution in [0.2, 0.25) is 0 Å². The lowest BCUT2D eigenvalue weighted by atomic mass is 9.86. The summed E-state index contributed by atoms with van der Waals surface area (Å²) in [6.45, 7) is 1.80. The molecule has 1 saturated heterocycles. The zero-order valence-electron chi connectivity index (χ0n) is 14.1. The molecule has 1 aromatic rings. The van der Waals surface area contributed by atoms with Crippen molar-refractivity contribution in [1.29, 1.82) is 0 Å². The quantitative estimate of drug-likeness (QED) is 0.808. The number of carboxylic acid groups (broad SMARTS) is 1. The maximum atomic E-state index is 11.0. The standard InChI is InChI=1S/C19H27NO3S/c21-19(22)15-4-6-16(7-5-15)20-17-3-1-2-14(12-17)13-24-18-8-10-23-11-9-18/h1-3,12,15-16,18,20H,4-11,13H2,(H,21,22). The molecule has 1 heterocycles. The van der Waals surface area contributed by atoms with Gasteiger partial charge >= 0.3 is 5.97 Å². The first-order chi connectivity index (χ1) is 11.7. The van der Waals surface area contributed by atoms with Crippen LogP contribution in [0.4, 0.5) is 5.69 Å². The highest BCUT2D eigenvalue weighted by Gasteiger charge is 2.25. The van der Waals surface area contributed by atoms with Gasteiger partial charge in [0.05, 0.1) is 5.92 Å². The van der Waals surface area contributed by atoms with Crippen LogP contribution in [-0.4, -0.2) is 35.6 Å². The van der Waals surface area contributed by atoms with E-state index in [1.807, 2.05) is 11.8 Å². The Hall–Kier alpha value is -1.20. The molecule has 5 heteroatoms. The number of aliphatic carboxylic acids is 1. The first-order valence-corrected chi connectivity index (χ1v) is 10.0. The molecule has 1 aliphatic carbocycles. The van der Waals surface area contributed by atoms with Crippen molar-refractivity contribution in [2.45, 2.75) is 55.6 Å². The topological polar surface area (TPSA) is 58.6 Å².